The Bertz CT molecular complexity index is 483. The van der Waals surface area contributed by atoms with Crippen LogP contribution in [0.15, 0.2) is 5.38 Å². The van der Waals surface area contributed by atoms with Crippen molar-refractivity contribution in [1.82, 2.24) is 10.3 Å². The van der Waals surface area contributed by atoms with Crippen molar-refractivity contribution in [3.05, 3.63) is 16.1 Å². The maximum atomic E-state index is 11.2. The van der Waals surface area contributed by atoms with E-state index in [9.17, 15) is 8.42 Å². The first-order valence-electron chi connectivity index (χ1n) is 5.36. The first-order chi connectivity index (χ1) is 7.98. The minimum absolute atomic E-state index is 0.0259. The highest BCUT2D eigenvalue weighted by molar-refractivity contribution is 7.90. The maximum absolute atomic E-state index is 11.2. The standard InChI is InChI=1S/C10H16N2O3S2/c1-15-7-3-8(11-4-7)9-5-16-10(12-9)6-17(2,13)14/h5,7-8,11H,3-4,6H2,1-2H3. The monoisotopic (exact) mass is 276 g/mol. The van der Waals surface area contributed by atoms with Gasteiger partial charge in [0, 0.05) is 25.3 Å². The van der Waals surface area contributed by atoms with Gasteiger partial charge in [0.25, 0.3) is 0 Å². The Balaban J connectivity index is 2.04. The number of nitrogens with one attached hydrogen (secondary N) is 1. The number of aromatic nitrogens is 1. The van der Waals surface area contributed by atoms with Crippen molar-refractivity contribution in [2.24, 2.45) is 0 Å². The van der Waals surface area contributed by atoms with Gasteiger partial charge in [0.15, 0.2) is 9.84 Å². The Hall–Kier alpha value is -0.500. The van der Waals surface area contributed by atoms with Crippen molar-refractivity contribution >= 4 is 21.2 Å². The van der Waals surface area contributed by atoms with Gasteiger partial charge in [-0.2, -0.15) is 0 Å². The van der Waals surface area contributed by atoms with Gasteiger partial charge in [-0.1, -0.05) is 0 Å². The number of nitrogens with zero attached hydrogens (tertiary/aromatic N) is 1. The van der Waals surface area contributed by atoms with E-state index in [-0.39, 0.29) is 17.9 Å². The minimum atomic E-state index is -3.00. The van der Waals surface area contributed by atoms with E-state index >= 15 is 0 Å². The summed E-state index contributed by atoms with van der Waals surface area (Å²) in [5.74, 6) is 0.0259. The number of thiazole rings is 1. The molecule has 0 aliphatic carbocycles. The van der Waals surface area contributed by atoms with E-state index in [1.165, 1.54) is 17.6 Å². The second-order valence-corrected chi connectivity index (χ2v) is 7.37. The molecule has 1 aromatic heterocycles. The quantitative estimate of drug-likeness (QED) is 0.878. The Morgan fingerprint density at radius 2 is 2.41 bits per heavy atom. The van der Waals surface area contributed by atoms with E-state index in [1.54, 1.807) is 7.11 Å². The van der Waals surface area contributed by atoms with Crippen molar-refractivity contribution < 1.29 is 13.2 Å². The second kappa shape index (κ2) is 5.01. The molecule has 1 N–H and O–H groups in total. The smallest absolute Gasteiger partial charge is 0.153 e. The van der Waals surface area contributed by atoms with Crippen LogP contribution in [0.5, 0.6) is 0 Å². The molecule has 0 aromatic carbocycles. The molecule has 0 saturated carbocycles. The van der Waals surface area contributed by atoms with Crippen LogP contribution in [0.1, 0.15) is 23.2 Å². The summed E-state index contributed by atoms with van der Waals surface area (Å²) in [5.41, 5.74) is 0.924. The molecule has 2 heterocycles. The molecule has 2 atom stereocenters. The lowest BCUT2D eigenvalue weighted by Gasteiger charge is -2.06. The van der Waals surface area contributed by atoms with Crippen LogP contribution in [-0.4, -0.2) is 39.4 Å². The molecule has 5 nitrogen and oxygen atoms in total. The summed E-state index contributed by atoms with van der Waals surface area (Å²) in [6, 6.07) is 0.185. The zero-order valence-corrected chi connectivity index (χ0v) is 11.5. The molecule has 7 heteroatoms. The molecule has 1 aliphatic rings. The summed E-state index contributed by atoms with van der Waals surface area (Å²) < 4.78 is 27.6. The zero-order chi connectivity index (χ0) is 12.5. The van der Waals surface area contributed by atoms with Crippen LogP contribution in [0.25, 0.3) is 0 Å². The molecular weight excluding hydrogens is 260 g/mol. The van der Waals surface area contributed by atoms with Crippen molar-refractivity contribution in [3.8, 4) is 0 Å². The number of ether oxygens (including phenoxy) is 1. The molecule has 1 aromatic rings. The van der Waals surface area contributed by atoms with Crippen LogP contribution in [0.3, 0.4) is 0 Å². The minimum Gasteiger partial charge on any atom is -0.380 e. The molecule has 0 bridgehead atoms. The summed E-state index contributed by atoms with van der Waals surface area (Å²) in [7, 11) is -1.30. The van der Waals surface area contributed by atoms with Gasteiger partial charge < -0.3 is 10.1 Å². The molecule has 0 radical (unpaired) electrons. The predicted octanol–water partition coefficient (Wildman–Crippen LogP) is 0.737. The van der Waals surface area contributed by atoms with Crippen LogP contribution in [-0.2, 0) is 20.3 Å². The molecule has 1 saturated heterocycles. The normalized spacial score (nSPS) is 25.3. The predicted molar refractivity (Wildman–Crippen MR) is 66.8 cm³/mol. The Kier molecular flexibility index (Phi) is 3.82. The van der Waals surface area contributed by atoms with E-state index in [2.05, 4.69) is 10.3 Å². The summed E-state index contributed by atoms with van der Waals surface area (Å²) in [6.07, 6.45) is 2.33. The summed E-state index contributed by atoms with van der Waals surface area (Å²) in [4.78, 5) is 4.37. The SMILES string of the molecule is COC1CNC(c2csc(CS(C)(=O)=O)n2)C1. The van der Waals surface area contributed by atoms with Crippen LogP contribution >= 0.6 is 11.3 Å². The largest absolute Gasteiger partial charge is 0.380 e. The second-order valence-electron chi connectivity index (χ2n) is 4.29. The number of methoxy groups -OCH3 is 1. The van der Waals surface area contributed by atoms with Crippen LogP contribution in [0.4, 0.5) is 0 Å². The molecule has 1 aliphatic heterocycles. The van der Waals surface area contributed by atoms with E-state index < -0.39 is 9.84 Å². The number of sulfone groups is 1. The highest BCUT2D eigenvalue weighted by Gasteiger charge is 2.26. The van der Waals surface area contributed by atoms with Crippen molar-refractivity contribution in [2.75, 3.05) is 19.9 Å². The van der Waals surface area contributed by atoms with Gasteiger partial charge in [0.2, 0.25) is 0 Å². The lowest BCUT2D eigenvalue weighted by Crippen LogP contribution is -2.16. The molecule has 2 unspecified atom stereocenters. The number of rotatable bonds is 4. The average Bonchev–Trinajstić information content (AvgIpc) is 2.82. The molecule has 2 rings (SSSR count). The summed E-state index contributed by atoms with van der Waals surface area (Å²) in [6.45, 7) is 0.820. The topological polar surface area (TPSA) is 68.3 Å². The van der Waals surface area contributed by atoms with Crippen LogP contribution < -0.4 is 5.32 Å². The van der Waals surface area contributed by atoms with E-state index in [1.807, 2.05) is 5.38 Å². The van der Waals surface area contributed by atoms with Crippen molar-refractivity contribution in [1.29, 1.82) is 0 Å². The Morgan fingerprint density at radius 3 is 3.00 bits per heavy atom. The van der Waals surface area contributed by atoms with Gasteiger partial charge in [0.05, 0.1) is 17.8 Å². The third-order valence-electron chi connectivity index (χ3n) is 2.74. The number of hydrogen-bond donors (Lipinski definition) is 1. The Morgan fingerprint density at radius 1 is 1.65 bits per heavy atom. The lowest BCUT2D eigenvalue weighted by atomic mass is 10.1. The highest BCUT2D eigenvalue weighted by atomic mass is 32.2. The molecule has 17 heavy (non-hydrogen) atoms. The first-order valence-corrected chi connectivity index (χ1v) is 8.30. The number of hydrogen-bond acceptors (Lipinski definition) is 6. The van der Waals surface area contributed by atoms with E-state index in [4.69, 9.17) is 4.74 Å². The molecule has 1 fully saturated rings. The van der Waals surface area contributed by atoms with E-state index in [0.717, 1.165) is 18.7 Å². The molecule has 0 amide bonds. The molecule has 0 spiro atoms. The average molecular weight is 276 g/mol. The molecular formula is C10H16N2O3S2. The maximum Gasteiger partial charge on any atom is 0.153 e. The lowest BCUT2D eigenvalue weighted by molar-refractivity contribution is 0.117. The molecule has 96 valence electrons. The van der Waals surface area contributed by atoms with Crippen LogP contribution in [0.2, 0.25) is 0 Å². The van der Waals surface area contributed by atoms with Gasteiger partial charge in [0.1, 0.15) is 10.8 Å². The Labute approximate surface area is 105 Å². The van der Waals surface area contributed by atoms with Gasteiger partial charge >= 0.3 is 0 Å². The fourth-order valence-corrected chi connectivity index (χ4v) is 3.94. The van der Waals surface area contributed by atoms with Crippen molar-refractivity contribution in [2.45, 2.75) is 24.3 Å². The first kappa shape index (κ1) is 12.9. The fraction of sp³-hybridized carbons (Fsp3) is 0.700. The summed E-state index contributed by atoms with van der Waals surface area (Å²) >= 11 is 1.40. The van der Waals surface area contributed by atoms with Gasteiger partial charge in [-0.3, -0.25) is 0 Å². The fourth-order valence-electron chi connectivity index (χ4n) is 1.88. The van der Waals surface area contributed by atoms with Crippen LogP contribution in [0, 0.1) is 0 Å². The zero-order valence-electron chi connectivity index (χ0n) is 9.84. The van der Waals surface area contributed by atoms with Gasteiger partial charge in [-0.25, -0.2) is 13.4 Å². The van der Waals surface area contributed by atoms with Crippen molar-refractivity contribution in [3.63, 3.8) is 0 Å². The van der Waals surface area contributed by atoms with Gasteiger partial charge in [-0.05, 0) is 6.42 Å². The summed E-state index contributed by atoms with van der Waals surface area (Å²) in [5, 5.41) is 5.90. The van der Waals surface area contributed by atoms with Gasteiger partial charge in [-0.15, -0.1) is 11.3 Å². The third kappa shape index (κ3) is 3.48. The highest BCUT2D eigenvalue weighted by Crippen LogP contribution is 2.26. The third-order valence-corrected chi connectivity index (χ3v) is 4.58. The van der Waals surface area contributed by atoms with E-state index in [0.29, 0.717) is 5.01 Å².